The second kappa shape index (κ2) is 5.91. The number of anilines is 1. The van der Waals surface area contributed by atoms with Crippen LogP contribution in [-0.2, 0) is 10.0 Å². The monoisotopic (exact) mass is 342 g/mol. The zero-order chi connectivity index (χ0) is 16.5. The molecule has 0 aliphatic carbocycles. The van der Waals surface area contributed by atoms with Gasteiger partial charge in [-0.2, -0.15) is 5.26 Å². The van der Waals surface area contributed by atoms with E-state index in [9.17, 15) is 17.2 Å². The first-order valence-corrected chi connectivity index (χ1v) is 7.73. The molecule has 2 aromatic carbocycles. The Morgan fingerprint density at radius 2 is 1.77 bits per heavy atom. The zero-order valence-electron chi connectivity index (χ0n) is 11.2. The van der Waals surface area contributed by atoms with Gasteiger partial charge in [0.1, 0.15) is 11.8 Å². The molecule has 0 N–H and O–H groups in total. The topological polar surface area (TPSA) is 61.2 Å². The Morgan fingerprint density at radius 1 is 1.18 bits per heavy atom. The van der Waals surface area contributed by atoms with E-state index in [1.807, 2.05) is 0 Å². The van der Waals surface area contributed by atoms with E-state index in [2.05, 4.69) is 0 Å². The predicted molar refractivity (Wildman–Crippen MR) is 78.1 cm³/mol. The van der Waals surface area contributed by atoms with E-state index >= 15 is 0 Å². The minimum absolute atomic E-state index is 0.0639. The van der Waals surface area contributed by atoms with Crippen molar-refractivity contribution in [2.24, 2.45) is 0 Å². The lowest BCUT2D eigenvalue weighted by Gasteiger charge is -2.20. The number of rotatable bonds is 3. The van der Waals surface area contributed by atoms with Crippen molar-refractivity contribution in [2.45, 2.75) is 4.90 Å². The average Bonchev–Trinajstić information content (AvgIpc) is 2.46. The normalized spacial score (nSPS) is 11.0. The molecule has 0 saturated carbocycles. The van der Waals surface area contributed by atoms with Crippen molar-refractivity contribution in [3.05, 3.63) is 58.6 Å². The molecule has 0 amide bonds. The van der Waals surface area contributed by atoms with Crippen molar-refractivity contribution in [1.29, 1.82) is 5.26 Å². The number of hydrogen-bond donors (Lipinski definition) is 0. The van der Waals surface area contributed by atoms with Crippen LogP contribution in [0.4, 0.5) is 14.5 Å². The molecular formula is C14H9ClF2N2O2S. The summed E-state index contributed by atoms with van der Waals surface area (Å²) in [5.74, 6) is -2.02. The van der Waals surface area contributed by atoms with Gasteiger partial charge in [-0.3, -0.25) is 4.31 Å². The van der Waals surface area contributed by atoms with E-state index < -0.39 is 27.3 Å². The largest absolute Gasteiger partial charge is 0.264 e. The molecule has 2 aromatic rings. The Labute approximate surface area is 131 Å². The maximum Gasteiger partial charge on any atom is 0.264 e. The average molecular weight is 343 g/mol. The maximum absolute atomic E-state index is 13.7. The first-order chi connectivity index (χ1) is 10.3. The zero-order valence-corrected chi connectivity index (χ0v) is 12.8. The molecule has 0 aliphatic heterocycles. The molecule has 22 heavy (non-hydrogen) atoms. The van der Waals surface area contributed by atoms with Gasteiger partial charge in [-0.05, 0) is 30.3 Å². The van der Waals surface area contributed by atoms with E-state index in [4.69, 9.17) is 16.9 Å². The second-order valence-corrected chi connectivity index (χ2v) is 6.67. The number of halogens is 3. The van der Waals surface area contributed by atoms with Gasteiger partial charge in [-0.15, -0.1) is 0 Å². The fraction of sp³-hybridized carbons (Fsp3) is 0.0714. The summed E-state index contributed by atoms with van der Waals surface area (Å²) >= 11 is 5.80. The van der Waals surface area contributed by atoms with Crippen LogP contribution in [0.2, 0.25) is 5.02 Å². The Morgan fingerprint density at radius 3 is 2.27 bits per heavy atom. The van der Waals surface area contributed by atoms with Crippen molar-refractivity contribution < 1.29 is 17.2 Å². The number of nitriles is 1. The van der Waals surface area contributed by atoms with Gasteiger partial charge in [0.25, 0.3) is 10.0 Å². The molecule has 0 bridgehead atoms. The van der Waals surface area contributed by atoms with E-state index in [0.717, 1.165) is 37.4 Å². The summed E-state index contributed by atoms with van der Waals surface area (Å²) < 4.78 is 52.8. The first kappa shape index (κ1) is 16.2. The molecule has 4 nitrogen and oxygen atoms in total. The lowest BCUT2D eigenvalue weighted by Crippen LogP contribution is -2.28. The Kier molecular flexibility index (Phi) is 4.35. The summed E-state index contributed by atoms with van der Waals surface area (Å²) in [6.45, 7) is 0. The minimum Gasteiger partial charge on any atom is -0.263 e. The molecule has 2 rings (SSSR count). The summed E-state index contributed by atoms with van der Waals surface area (Å²) in [7, 11) is -3.19. The van der Waals surface area contributed by atoms with Crippen LogP contribution in [0.1, 0.15) is 5.56 Å². The smallest absolute Gasteiger partial charge is 0.263 e. The highest BCUT2D eigenvalue weighted by Crippen LogP contribution is 2.29. The number of nitrogens with zero attached hydrogens (tertiary/aromatic N) is 2. The molecule has 0 unspecified atom stereocenters. The van der Waals surface area contributed by atoms with Crippen LogP contribution < -0.4 is 4.31 Å². The number of sulfonamides is 1. The van der Waals surface area contributed by atoms with Gasteiger partial charge in [-0.25, -0.2) is 17.2 Å². The quantitative estimate of drug-likeness (QED) is 0.859. The van der Waals surface area contributed by atoms with Gasteiger partial charge in [0.15, 0.2) is 11.6 Å². The van der Waals surface area contributed by atoms with E-state index in [-0.39, 0.29) is 15.5 Å². The number of para-hydroxylation sites is 1. The van der Waals surface area contributed by atoms with Gasteiger partial charge in [0.05, 0.1) is 15.5 Å². The highest BCUT2D eigenvalue weighted by Gasteiger charge is 2.26. The Hall–Kier alpha value is -2.17. The lowest BCUT2D eigenvalue weighted by molar-refractivity contribution is 0.572. The highest BCUT2D eigenvalue weighted by atomic mass is 35.5. The third-order valence-corrected chi connectivity index (χ3v) is 5.04. The van der Waals surface area contributed by atoms with Crippen molar-refractivity contribution in [1.82, 2.24) is 0 Å². The molecule has 0 atom stereocenters. The highest BCUT2D eigenvalue weighted by molar-refractivity contribution is 7.92. The van der Waals surface area contributed by atoms with Gasteiger partial charge in [0.2, 0.25) is 0 Å². The summed E-state index contributed by atoms with van der Waals surface area (Å²) in [5.41, 5.74) is -0.594. The van der Waals surface area contributed by atoms with Crippen LogP contribution in [-0.4, -0.2) is 15.5 Å². The van der Waals surface area contributed by atoms with E-state index in [1.54, 1.807) is 6.07 Å². The van der Waals surface area contributed by atoms with Gasteiger partial charge in [-0.1, -0.05) is 17.7 Å². The predicted octanol–water partition coefficient (Wildman–Crippen LogP) is 3.31. The summed E-state index contributed by atoms with van der Waals surface area (Å²) in [6, 6.07) is 8.26. The van der Waals surface area contributed by atoms with Crippen molar-refractivity contribution in [3.63, 3.8) is 0 Å². The van der Waals surface area contributed by atoms with Crippen LogP contribution in [0.15, 0.2) is 41.3 Å². The Balaban J connectivity index is 2.55. The fourth-order valence-corrected chi connectivity index (χ4v) is 3.34. The fourth-order valence-electron chi connectivity index (χ4n) is 1.82. The third-order valence-electron chi connectivity index (χ3n) is 2.97. The molecule has 0 spiro atoms. The van der Waals surface area contributed by atoms with Crippen molar-refractivity contribution in [3.8, 4) is 6.07 Å². The van der Waals surface area contributed by atoms with Gasteiger partial charge >= 0.3 is 0 Å². The summed E-state index contributed by atoms with van der Waals surface area (Å²) in [4.78, 5) is -0.276. The lowest BCUT2D eigenvalue weighted by atomic mass is 10.2. The minimum atomic E-state index is -4.23. The van der Waals surface area contributed by atoms with Gasteiger partial charge < -0.3 is 0 Å². The van der Waals surface area contributed by atoms with Crippen LogP contribution >= 0.6 is 11.6 Å². The summed E-state index contributed by atoms with van der Waals surface area (Å²) in [5, 5.41) is 8.71. The molecule has 0 fully saturated rings. The maximum atomic E-state index is 13.7. The molecule has 0 radical (unpaired) electrons. The SMILES string of the molecule is CN(c1c(F)cccc1F)S(=O)(=O)c1ccc(C#N)c(Cl)c1. The van der Waals surface area contributed by atoms with Crippen LogP contribution in [0, 0.1) is 23.0 Å². The summed E-state index contributed by atoms with van der Waals surface area (Å²) in [6.07, 6.45) is 0. The van der Waals surface area contributed by atoms with E-state index in [0.29, 0.717) is 4.31 Å². The number of hydrogen-bond acceptors (Lipinski definition) is 3. The first-order valence-electron chi connectivity index (χ1n) is 5.91. The van der Waals surface area contributed by atoms with Crippen LogP contribution in [0.5, 0.6) is 0 Å². The standard InChI is InChI=1S/C14H9ClF2N2O2S/c1-19(14-12(16)3-2-4-13(14)17)22(20,21)10-6-5-9(8-18)11(15)7-10/h2-7H,1H3. The Bertz CT molecular complexity index is 859. The number of benzene rings is 2. The molecule has 0 saturated heterocycles. The van der Waals surface area contributed by atoms with Crippen molar-refractivity contribution in [2.75, 3.05) is 11.4 Å². The molecule has 114 valence electrons. The molecular weight excluding hydrogens is 334 g/mol. The van der Waals surface area contributed by atoms with E-state index in [1.165, 1.54) is 6.07 Å². The third kappa shape index (κ3) is 2.75. The van der Waals surface area contributed by atoms with Crippen molar-refractivity contribution >= 4 is 27.3 Å². The second-order valence-electron chi connectivity index (χ2n) is 4.30. The molecule has 0 heterocycles. The molecule has 0 aromatic heterocycles. The van der Waals surface area contributed by atoms with Gasteiger partial charge in [0, 0.05) is 7.05 Å². The molecule has 0 aliphatic rings. The molecule has 8 heteroatoms. The van der Waals surface area contributed by atoms with Crippen LogP contribution in [0.25, 0.3) is 0 Å². The van der Waals surface area contributed by atoms with Crippen LogP contribution in [0.3, 0.4) is 0 Å².